The lowest BCUT2D eigenvalue weighted by Crippen LogP contribution is -2.08. The van der Waals surface area contributed by atoms with Crippen molar-refractivity contribution in [1.29, 1.82) is 0 Å². The van der Waals surface area contributed by atoms with E-state index in [0.29, 0.717) is 6.61 Å². The molecule has 0 spiro atoms. The van der Waals surface area contributed by atoms with Gasteiger partial charge in [0.05, 0.1) is 31.8 Å². The lowest BCUT2D eigenvalue weighted by atomic mass is 10.1. The summed E-state index contributed by atoms with van der Waals surface area (Å²) >= 11 is 0. The van der Waals surface area contributed by atoms with Crippen LogP contribution in [0.2, 0.25) is 0 Å². The van der Waals surface area contributed by atoms with Crippen LogP contribution in [0.3, 0.4) is 0 Å². The van der Waals surface area contributed by atoms with E-state index < -0.39 is 10.9 Å². The summed E-state index contributed by atoms with van der Waals surface area (Å²) in [5.41, 5.74) is -0.534. The zero-order valence-electron chi connectivity index (χ0n) is 12.4. The van der Waals surface area contributed by atoms with Gasteiger partial charge in [-0.2, -0.15) is 0 Å². The van der Waals surface area contributed by atoms with Gasteiger partial charge in [0, 0.05) is 6.07 Å². The normalized spacial score (nSPS) is 10.0. The number of nitro groups is 1. The molecule has 21 heavy (non-hydrogen) atoms. The molecule has 0 saturated carbocycles. The van der Waals surface area contributed by atoms with Crippen molar-refractivity contribution >= 4 is 11.7 Å². The molecule has 0 unspecified atom stereocenters. The standard InChI is InChI=1S/C14H19NO6/c1-4-5-6-7-21-13-9-11(15(17)18)10(14(16)20-3)8-12(13)19-2/h8-9H,4-7H2,1-3H3. The second-order valence-electron chi connectivity index (χ2n) is 4.32. The van der Waals surface area contributed by atoms with Crippen molar-refractivity contribution < 1.29 is 23.9 Å². The highest BCUT2D eigenvalue weighted by Gasteiger charge is 2.25. The van der Waals surface area contributed by atoms with Gasteiger partial charge in [0.15, 0.2) is 11.5 Å². The Hall–Kier alpha value is -2.31. The van der Waals surface area contributed by atoms with Crippen LogP contribution in [0.25, 0.3) is 0 Å². The smallest absolute Gasteiger partial charge is 0.345 e. The molecule has 0 heterocycles. The van der Waals surface area contributed by atoms with E-state index in [1.807, 2.05) is 0 Å². The van der Waals surface area contributed by atoms with Gasteiger partial charge in [-0.3, -0.25) is 10.1 Å². The Morgan fingerprint density at radius 2 is 1.95 bits per heavy atom. The summed E-state index contributed by atoms with van der Waals surface area (Å²) in [7, 11) is 2.56. The van der Waals surface area contributed by atoms with Crippen LogP contribution in [0.1, 0.15) is 36.5 Å². The van der Waals surface area contributed by atoms with Crippen molar-refractivity contribution in [3.05, 3.63) is 27.8 Å². The van der Waals surface area contributed by atoms with Crippen molar-refractivity contribution in [2.45, 2.75) is 26.2 Å². The average molecular weight is 297 g/mol. The van der Waals surface area contributed by atoms with Crippen molar-refractivity contribution in [2.24, 2.45) is 0 Å². The summed E-state index contributed by atoms with van der Waals surface area (Å²) < 4.78 is 15.2. The lowest BCUT2D eigenvalue weighted by molar-refractivity contribution is -0.385. The summed E-state index contributed by atoms with van der Waals surface area (Å²) in [6.45, 7) is 2.50. The average Bonchev–Trinajstić information content (AvgIpc) is 2.49. The summed E-state index contributed by atoms with van der Waals surface area (Å²) in [5.74, 6) is -0.289. The highest BCUT2D eigenvalue weighted by Crippen LogP contribution is 2.35. The van der Waals surface area contributed by atoms with Crippen LogP contribution in [-0.4, -0.2) is 31.7 Å². The summed E-state index contributed by atoms with van der Waals surface area (Å²) in [5, 5.41) is 11.1. The van der Waals surface area contributed by atoms with E-state index in [-0.39, 0.29) is 22.7 Å². The molecule has 0 N–H and O–H groups in total. The summed E-state index contributed by atoms with van der Waals surface area (Å²) in [6, 6.07) is 2.45. The molecule has 0 aliphatic heterocycles. The Kier molecular flexibility index (Phi) is 6.45. The third-order valence-corrected chi connectivity index (χ3v) is 2.89. The number of ether oxygens (including phenoxy) is 3. The molecule has 0 fully saturated rings. The van der Waals surface area contributed by atoms with E-state index >= 15 is 0 Å². The van der Waals surface area contributed by atoms with Crippen molar-refractivity contribution in [3.8, 4) is 11.5 Å². The second kappa shape index (κ2) is 8.08. The molecule has 0 aliphatic carbocycles. The molecule has 7 nitrogen and oxygen atoms in total. The first kappa shape index (κ1) is 16.7. The van der Waals surface area contributed by atoms with E-state index in [2.05, 4.69) is 11.7 Å². The maximum Gasteiger partial charge on any atom is 0.345 e. The predicted octanol–water partition coefficient (Wildman–Crippen LogP) is 2.96. The molecule has 7 heteroatoms. The number of carbonyl (C=O) groups is 1. The van der Waals surface area contributed by atoms with E-state index in [1.54, 1.807) is 0 Å². The van der Waals surface area contributed by atoms with Crippen molar-refractivity contribution in [1.82, 2.24) is 0 Å². The second-order valence-corrected chi connectivity index (χ2v) is 4.32. The van der Waals surface area contributed by atoms with Gasteiger partial charge in [-0.1, -0.05) is 19.8 Å². The van der Waals surface area contributed by atoms with Crippen LogP contribution < -0.4 is 9.47 Å². The Bertz CT molecular complexity index is 514. The fourth-order valence-corrected chi connectivity index (χ4v) is 1.78. The van der Waals surface area contributed by atoms with Gasteiger partial charge in [-0.25, -0.2) is 4.79 Å². The Morgan fingerprint density at radius 1 is 1.24 bits per heavy atom. The van der Waals surface area contributed by atoms with Crippen molar-refractivity contribution in [2.75, 3.05) is 20.8 Å². The molecule has 0 aliphatic rings. The largest absolute Gasteiger partial charge is 0.493 e. The van der Waals surface area contributed by atoms with Crippen LogP contribution in [0.4, 0.5) is 5.69 Å². The quantitative estimate of drug-likeness (QED) is 0.317. The Morgan fingerprint density at radius 3 is 2.48 bits per heavy atom. The third-order valence-electron chi connectivity index (χ3n) is 2.89. The topological polar surface area (TPSA) is 87.9 Å². The minimum Gasteiger partial charge on any atom is -0.493 e. The van der Waals surface area contributed by atoms with Crippen molar-refractivity contribution in [3.63, 3.8) is 0 Å². The molecule has 0 radical (unpaired) electrons. The number of hydrogen-bond acceptors (Lipinski definition) is 6. The number of methoxy groups -OCH3 is 2. The maximum absolute atomic E-state index is 11.6. The number of rotatable bonds is 8. The predicted molar refractivity (Wildman–Crippen MR) is 76.0 cm³/mol. The molecule has 0 saturated heterocycles. The van der Waals surface area contributed by atoms with Crippen LogP contribution in [-0.2, 0) is 4.74 Å². The van der Waals surface area contributed by atoms with Crippen LogP contribution >= 0.6 is 0 Å². The first-order valence-corrected chi connectivity index (χ1v) is 6.62. The van der Waals surface area contributed by atoms with Gasteiger partial charge in [-0.05, 0) is 6.42 Å². The molecule has 1 rings (SSSR count). The lowest BCUT2D eigenvalue weighted by Gasteiger charge is -2.12. The fourth-order valence-electron chi connectivity index (χ4n) is 1.78. The zero-order valence-corrected chi connectivity index (χ0v) is 12.4. The third kappa shape index (κ3) is 4.34. The first-order valence-electron chi connectivity index (χ1n) is 6.62. The minimum absolute atomic E-state index is 0.166. The number of nitro benzene ring substituents is 1. The van der Waals surface area contributed by atoms with Gasteiger partial charge in [0.2, 0.25) is 0 Å². The van der Waals surface area contributed by atoms with Gasteiger partial charge < -0.3 is 14.2 Å². The minimum atomic E-state index is -0.794. The Labute approximate surface area is 123 Å². The molecule has 0 amide bonds. The molecular weight excluding hydrogens is 278 g/mol. The number of benzene rings is 1. The molecular formula is C14H19NO6. The fraction of sp³-hybridized carbons (Fsp3) is 0.500. The van der Waals surface area contributed by atoms with Crippen LogP contribution in [0.5, 0.6) is 11.5 Å². The number of carbonyl (C=O) groups excluding carboxylic acids is 1. The monoisotopic (exact) mass is 297 g/mol. The highest BCUT2D eigenvalue weighted by atomic mass is 16.6. The van der Waals surface area contributed by atoms with Gasteiger partial charge in [0.25, 0.3) is 5.69 Å². The number of nitrogens with zero attached hydrogens (tertiary/aromatic N) is 1. The molecule has 0 aromatic heterocycles. The van der Waals surface area contributed by atoms with Gasteiger partial charge in [0.1, 0.15) is 5.56 Å². The molecule has 0 bridgehead atoms. The number of hydrogen-bond donors (Lipinski definition) is 0. The summed E-state index contributed by atoms with van der Waals surface area (Å²) in [6.07, 6.45) is 2.89. The SMILES string of the molecule is CCCCCOc1cc([N+](=O)[O-])c(C(=O)OC)cc1OC. The van der Waals surface area contributed by atoms with Crippen LogP contribution in [0, 0.1) is 10.1 Å². The van der Waals surface area contributed by atoms with E-state index in [0.717, 1.165) is 26.4 Å². The zero-order chi connectivity index (χ0) is 15.8. The Balaban J connectivity index is 3.10. The maximum atomic E-state index is 11.6. The van der Waals surface area contributed by atoms with E-state index in [1.165, 1.54) is 19.2 Å². The number of unbranched alkanes of at least 4 members (excludes halogenated alkanes) is 2. The van der Waals surface area contributed by atoms with Gasteiger partial charge in [-0.15, -0.1) is 0 Å². The first-order chi connectivity index (χ1) is 10.0. The van der Waals surface area contributed by atoms with Gasteiger partial charge >= 0.3 is 5.97 Å². The molecule has 1 aromatic carbocycles. The highest BCUT2D eigenvalue weighted by molar-refractivity contribution is 5.94. The summed E-state index contributed by atoms with van der Waals surface area (Å²) in [4.78, 5) is 22.0. The molecule has 1 aromatic rings. The molecule has 0 atom stereocenters. The number of esters is 1. The molecule has 116 valence electrons. The van der Waals surface area contributed by atoms with Crippen LogP contribution in [0.15, 0.2) is 12.1 Å². The van der Waals surface area contributed by atoms with E-state index in [9.17, 15) is 14.9 Å². The van der Waals surface area contributed by atoms with E-state index in [4.69, 9.17) is 9.47 Å².